The van der Waals surface area contributed by atoms with Crippen molar-refractivity contribution in [2.75, 3.05) is 0 Å². The summed E-state index contributed by atoms with van der Waals surface area (Å²) in [7, 11) is 0. The van der Waals surface area contributed by atoms with Crippen LogP contribution in [-0.4, -0.2) is 10.2 Å². The molecule has 16 heavy (non-hydrogen) atoms. The topological polar surface area (TPSA) is 54.7 Å². The smallest absolute Gasteiger partial charge is 0.123 e. The molecule has 82 valence electrons. The zero-order valence-electron chi connectivity index (χ0n) is 8.70. The Bertz CT molecular complexity index is 529. The highest BCUT2D eigenvalue weighted by Crippen LogP contribution is 2.45. The Hall–Kier alpha value is -1.68. The summed E-state index contributed by atoms with van der Waals surface area (Å²) in [4.78, 5) is 0. The van der Waals surface area contributed by atoms with E-state index in [1.807, 2.05) is 6.07 Å². The molecule has 0 amide bonds. The lowest BCUT2D eigenvalue weighted by Gasteiger charge is -2.09. The van der Waals surface area contributed by atoms with Crippen LogP contribution >= 0.6 is 0 Å². The molecule has 1 aromatic heterocycles. The fourth-order valence-electron chi connectivity index (χ4n) is 1.93. The summed E-state index contributed by atoms with van der Waals surface area (Å²) < 4.78 is 13.1. The van der Waals surface area contributed by atoms with E-state index in [1.165, 1.54) is 12.1 Å². The van der Waals surface area contributed by atoms with Gasteiger partial charge in [0, 0.05) is 16.7 Å². The molecule has 1 heterocycles. The van der Waals surface area contributed by atoms with E-state index < -0.39 is 0 Å². The lowest BCUT2D eigenvalue weighted by molar-refractivity contribution is 0.628. The van der Waals surface area contributed by atoms with Crippen molar-refractivity contribution in [2.45, 2.75) is 18.4 Å². The number of H-pyrrole nitrogens is 1. The van der Waals surface area contributed by atoms with Crippen LogP contribution in [0.5, 0.6) is 0 Å². The van der Waals surface area contributed by atoms with Gasteiger partial charge in [-0.15, -0.1) is 0 Å². The molecule has 3 nitrogen and oxygen atoms in total. The number of benzene rings is 1. The molecule has 1 aromatic carbocycles. The molecular weight excluding hydrogens is 205 g/mol. The quantitative estimate of drug-likeness (QED) is 0.809. The van der Waals surface area contributed by atoms with Crippen LogP contribution in [0.15, 0.2) is 30.5 Å². The van der Waals surface area contributed by atoms with Gasteiger partial charge in [0.2, 0.25) is 0 Å². The van der Waals surface area contributed by atoms with Gasteiger partial charge >= 0.3 is 0 Å². The molecule has 1 fully saturated rings. The first-order valence-electron chi connectivity index (χ1n) is 5.28. The predicted octanol–water partition coefficient (Wildman–Crippen LogP) is 2.16. The Morgan fingerprint density at radius 3 is 2.88 bits per heavy atom. The second kappa shape index (κ2) is 3.15. The minimum absolute atomic E-state index is 0.250. The number of nitrogens with two attached hydrogens (primary N) is 1. The predicted molar refractivity (Wildman–Crippen MR) is 59.1 cm³/mol. The number of nitrogens with one attached hydrogen (secondary N) is 1. The Labute approximate surface area is 92.5 Å². The van der Waals surface area contributed by atoms with Gasteiger partial charge in [-0.2, -0.15) is 5.10 Å². The van der Waals surface area contributed by atoms with E-state index in [9.17, 15) is 4.39 Å². The van der Waals surface area contributed by atoms with Crippen molar-refractivity contribution in [1.29, 1.82) is 0 Å². The molecular formula is C12H12FN3. The van der Waals surface area contributed by atoms with Gasteiger partial charge in [-0.25, -0.2) is 4.39 Å². The van der Waals surface area contributed by atoms with Crippen molar-refractivity contribution >= 4 is 0 Å². The summed E-state index contributed by atoms with van der Waals surface area (Å²) in [6.45, 7) is 0. The van der Waals surface area contributed by atoms with Crippen molar-refractivity contribution in [2.24, 2.45) is 5.73 Å². The monoisotopic (exact) mass is 217 g/mol. The Morgan fingerprint density at radius 1 is 1.38 bits per heavy atom. The van der Waals surface area contributed by atoms with Crippen LogP contribution in [0.3, 0.4) is 0 Å². The fourth-order valence-corrected chi connectivity index (χ4v) is 1.93. The molecule has 3 N–H and O–H groups in total. The largest absolute Gasteiger partial charge is 0.321 e. The molecule has 1 aliphatic carbocycles. The van der Waals surface area contributed by atoms with Gasteiger partial charge in [-0.1, -0.05) is 12.1 Å². The van der Waals surface area contributed by atoms with Crippen molar-refractivity contribution in [3.8, 4) is 11.3 Å². The summed E-state index contributed by atoms with van der Waals surface area (Å²) in [5.41, 5.74) is 8.49. The van der Waals surface area contributed by atoms with Gasteiger partial charge in [-0.05, 0) is 25.0 Å². The van der Waals surface area contributed by atoms with Gasteiger partial charge in [0.1, 0.15) is 5.82 Å². The van der Waals surface area contributed by atoms with Gasteiger partial charge in [-0.3, -0.25) is 5.10 Å². The highest BCUT2D eigenvalue weighted by atomic mass is 19.1. The molecule has 0 aliphatic heterocycles. The Kier molecular flexibility index (Phi) is 1.88. The third kappa shape index (κ3) is 1.42. The average Bonchev–Trinajstić information content (AvgIpc) is 2.83. The maximum atomic E-state index is 13.1. The lowest BCUT2D eigenvalue weighted by Crippen LogP contribution is -2.18. The van der Waals surface area contributed by atoms with Crippen molar-refractivity contribution in [3.63, 3.8) is 0 Å². The molecule has 0 atom stereocenters. The third-order valence-corrected chi connectivity index (χ3v) is 3.08. The minimum Gasteiger partial charge on any atom is -0.321 e. The number of aromatic amines is 1. The molecule has 0 spiro atoms. The van der Waals surface area contributed by atoms with E-state index in [2.05, 4.69) is 10.2 Å². The lowest BCUT2D eigenvalue weighted by atomic mass is 10.0. The third-order valence-electron chi connectivity index (χ3n) is 3.08. The van der Waals surface area contributed by atoms with Crippen LogP contribution in [0, 0.1) is 5.82 Å². The van der Waals surface area contributed by atoms with E-state index in [1.54, 1.807) is 12.3 Å². The molecule has 0 saturated heterocycles. The first kappa shape index (κ1) is 9.54. The van der Waals surface area contributed by atoms with Crippen LogP contribution in [0.1, 0.15) is 18.4 Å². The average molecular weight is 217 g/mol. The number of nitrogens with zero attached hydrogens (tertiary/aromatic N) is 1. The van der Waals surface area contributed by atoms with E-state index in [0.29, 0.717) is 0 Å². The molecule has 0 radical (unpaired) electrons. The van der Waals surface area contributed by atoms with Crippen LogP contribution in [0.4, 0.5) is 4.39 Å². The second-order valence-corrected chi connectivity index (χ2v) is 4.33. The van der Waals surface area contributed by atoms with E-state index in [-0.39, 0.29) is 11.4 Å². The molecule has 0 bridgehead atoms. The van der Waals surface area contributed by atoms with Gasteiger partial charge in [0.25, 0.3) is 0 Å². The maximum Gasteiger partial charge on any atom is 0.123 e. The first-order valence-corrected chi connectivity index (χ1v) is 5.28. The number of hydrogen-bond acceptors (Lipinski definition) is 2. The number of rotatable bonds is 2. The molecule has 0 unspecified atom stereocenters. The minimum atomic E-state index is -0.255. The van der Waals surface area contributed by atoms with Crippen LogP contribution in [0.2, 0.25) is 0 Å². The van der Waals surface area contributed by atoms with Crippen LogP contribution in [0.25, 0.3) is 11.3 Å². The summed E-state index contributed by atoms with van der Waals surface area (Å²) in [5, 5.41) is 6.91. The van der Waals surface area contributed by atoms with Crippen molar-refractivity contribution in [3.05, 3.63) is 41.8 Å². The number of halogens is 1. The SMILES string of the molecule is NC1(c2cn[nH]c2-c2cccc(F)c2)CC1. The van der Waals surface area contributed by atoms with Gasteiger partial charge in [0.15, 0.2) is 0 Å². The van der Waals surface area contributed by atoms with Crippen LogP contribution < -0.4 is 5.73 Å². The molecule has 2 aromatic rings. The second-order valence-electron chi connectivity index (χ2n) is 4.33. The molecule has 1 saturated carbocycles. The molecule has 4 heteroatoms. The number of hydrogen-bond donors (Lipinski definition) is 2. The van der Waals surface area contributed by atoms with E-state index in [0.717, 1.165) is 29.7 Å². The standard InChI is InChI=1S/C12H12FN3/c13-9-3-1-2-8(6-9)11-10(7-15-16-11)12(14)4-5-12/h1-3,6-7H,4-5,14H2,(H,15,16). The highest BCUT2D eigenvalue weighted by molar-refractivity contribution is 5.64. The fraction of sp³-hybridized carbons (Fsp3) is 0.250. The van der Waals surface area contributed by atoms with E-state index >= 15 is 0 Å². The van der Waals surface area contributed by atoms with Gasteiger partial charge < -0.3 is 5.73 Å². The maximum absolute atomic E-state index is 13.1. The Balaban J connectivity index is 2.10. The van der Waals surface area contributed by atoms with Crippen molar-refractivity contribution in [1.82, 2.24) is 10.2 Å². The molecule has 1 aliphatic rings. The summed E-state index contributed by atoms with van der Waals surface area (Å²) >= 11 is 0. The number of aromatic nitrogens is 2. The van der Waals surface area contributed by atoms with Gasteiger partial charge in [0.05, 0.1) is 11.9 Å². The zero-order valence-corrected chi connectivity index (χ0v) is 8.70. The van der Waals surface area contributed by atoms with Crippen LogP contribution in [-0.2, 0) is 5.54 Å². The normalized spacial score (nSPS) is 17.4. The summed E-state index contributed by atoms with van der Waals surface area (Å²) in [6, 6.07) is 6.45. The summed E-state index contributed by atoms with van der Waals surface area (Å²) in [5.74, 6) is -0.250. The zero-order chi connectivity index (χ0) is 11.2. The highest BCUT2D eigenvalue weighted by Gasteiger charge is 2.42. The van der Waals surface area contributed by atoms with E-state index in [4.69, 9.17) is 5.73 Å². The Morgan fingerprint density at radius 2 is 2.19 bits per heavy atom. The van der Waals surface area contributed by atoms with Crippen molar-refractivity contribution < 1.29 is 4.39 Å². The summed E-state index contributed by atoms with van der Waals surface area (Å²) in [6.07, 6.45) is 3.68. The first-order chi connectivity index (χ1) is 7.69. The molecule has 3 rings (SSSR count).